The molecule has 1 saturated carbocycles. The van der Waals surface area contributed by atoms with Gasteiger partial charge in [0.25, 0.3) is 0 Å². The number of fused-ring (bicyclic) bond motifs is 3. The monoisotopic (exact) mass is 248 g/mol. The number of ether oxygens (including phenoxy) is 1. The molecule has 1 aliphatic heterocycles. The van der Waals surface area contributed by atoms with Crippen LogP contribution in [0.1, 0.15) is 40.0 Å². The summed E-state index contributed by atoms with van der Waals surface area (Å²) in [5.41, 5.74) is 1.09. The van der Waals surface area contributed by atoms with Crippen LogP contribution in [0.15, 0.2) is 11.6 Å². The summed E-state index contributed by atoms with van der Waals surface area (Å²) in [5, 5.41) is 0. The average Bonchev–Trinajstić information content (AvgIpc) is 2.52. The molecule has 3 rings (SSSR count). The van der Waals surface area contributed by atoms with Crippen molar-refractivity contribution in [2.75, 3.05) is 0 Å². The fourth-order valence-electron chi connectivity index (χ4n) is 4.37. The number of rotatable bonds is 0. The van der Waals surface area contributed by atoms with E-state index in [4.69, 9.17) is 4.74 Å². The van der Waals surface area contributed by atoms with Gasteiger partial charge in [-0.15, -0.1) is 0 Å². The number of hydrogen-bond acceptors (Lipinski definition) is 3. The van der Waals surface area contributed by atoms with Crippen LogP contribution in [-0.4, -0.2) is 17.9 Å². The second kappa shape index (κ2) is 3.69. The molecule has 2 aliphatic carbocycles. The highest BCUT2D eigenvalue weighted by Crippen LogP contribution is 2.55. The smallest absolute Gasteiger partial charge is 0.309 e. The first-order chi connectivity index (χ1) is 8.42. The van der Waals surface area contributed by atoms with E-state index in [9.17, 15) is 9.59 Å². The van der Waals surface area contributed by atoms with Crippen LogP contribution in [0.3, 0.4) is 0 Å². The Hall–Kier alpha value is -1.12. The van der Waals surface area contributed by atoms with E-state index in [-0.39, 0.29) is 35.1 Å². The third-order valence-corrected chi connectivity index (χ3v) is 5.27. The Morgan fingerprint density at radius 2 is 2.11 bits per heavy atom. The third-order valence-electron chi connectivity index (χ3n) is 5.27. The van der Waals surface area contributed by atoms with Crippen molar-refractivity contribution in [2.45, 2.75) is 46.1 Å². The Bertz CT molecular complexity index is 451. The average molecular weight is 248 g/mol. The van der Waals surface area contributed by atoms with Crippen LogP contribution < -0.4 is 0 Å². The van der Waals surface area contributed by atoms with Crippen LogP contribution in [-0.2, 0) is 14.3 Å². The molecule has 3 nitrogen and oxygen atoms in total. The normalized spacial score (nSPS) is 47.2. The first-order valence-electron chi connectivity index (χ1n) is 6.84. The maximum atomic E-state index is 11.8. The predicted molar refractivity (Wildman–Crippen MR) is 66.7 cm³/mol. The lowest BCUT2D eigenvalue weighted by molar-refractivity contribution is -0.148. The molecular formula is C15H20O3. The Balaban J connectivity index is 2.01. The molecule has 1 saturated heterocycles. The zero-order valence-electron chi connectivity index (χ0n) is 11.2. The largest absolute Gasteiger partial charge is 0.461 e. The van der Waals surface area contributed by atoms with Crippen LogP contribution in [0.25, 0.3) is 0 Å². The van der Waals surface area contributed by atoms with E-state index in [1.54, 1.807) is 6.08 Å². The molecular weight excluding hydrogens is 228 g/mol. The van der Waals surface area contributed by atoms with Crippen LogP contribution >= 0.6 is 0 Å². The first kappa shape index (κ1) is 11.9. The molecule has 98 valence electrons. The van der Waals surface area contributed by atoms with E-state index in [2.05, 4.69) is 6.92 Å². The summed E-state index contributed by atoms with van der Waals surface area (Å²) in [6.07, 6.45) is 4.38. The Morgan fingerprint density at radius 3 is 2.83 bits per heavy atom. The third kappa shape index (κ3) is 1.49. The van der Waals surface area contributed by atoms with Gasteiger partial charge in [0.2, 0.25) is 0 Å². The summed E-state index contributed by atoms with van der Waals surface area (Å²) in [6, 6.07) is 0. The molecule has 0 aromatic carbocycles. The summed E-state index contributed by atoms with van der Waals surface area (Å²) in [4.78, 5) is 23.6. The molecule has 3 heteroatoms. The minimum absolute atomic E-state index is 0.00407. The van der Waals surface area contributed by atoms with Crippen molar-refractivity contribution in [1.29, 1.82) is 0 Å². The van der Waals surface area contributed by atoms with Gasteiger partial charge in [-0.1, -0.05) is 19.4 Å². The van der Waals surface area contributed by atoms with Crippen molar-refractivity contribution >= 4 is 11.8 Å². The molecule has 0 N–H and O–H groups in total. The number of carbonyl (C=O) groups is 2. The molecule has 5 atom stereocenters. The van der Waals surface area contributed by atoms with Gasteiger partial charge in [0.15, 0.2) is 5.78 Å². The van der Waals surface area contributed by atoms with Crippen molar-refractivity contribution in [3.8, 4) is 0 Å². The highest BCUT2D eigenvalue weighted by atomic mass is 16.6. The van der Waals surface area contributed by atoms with Gasteiger partial charge in [0, 0.05) is 18.3 Å². The van der Waals surface area contributed by atoms with Gasteiger partial charge < -0.3 is 4.74 Å². The highest BCUT2D eigenvalue weighted by Gasteiger charge is 2.56. The molecule has 0 aromatic heterocycles. The maximum absolute atomic E-state index is 11.8. The summed E-state index contributed by atoms with van der Waals surface area (Å²) >= 11 is 0. The number of carbonyl (C=O) groups excluding carboxylic acids is 2. The van der Waals surface area contributed by atoms with Crippen LogP contribution in [0.2, 0.25) is 0 Å². The Labute approximate surface area is 108 Å². The standard InChI is InChI=1S/C15H20O3/c1-8-6-10(16)7-15(3)5-4-11-9(2)14(17)18-13(11)12(8)15/h6,9,11-13H,4-5,7H2,1-3H3/t9-,11-,12+,13-,15-/m0/s1. The molecule has 2 fully saturated rings. The fourth-order valence-corrected chi connectivity index (χ4v) is 4.37. The van der Waals surface area contributed by atoms with Gasteiger partial charge in [-0.2, -0.15) is 0 Å². The fraction of sp³-hybridized carbons (Fsp3) is 0.733. The van der Waals surface area contributed by atoms with E-state index >= 15 is 0 Å². The second-order valence-electron chi connectivity index (χ2n) is 6.56. The zero-order valence-corrected chi connectivity index (χ0v) is 11.2. The molecule has 18 heavy (non-hydrogen) atoms. The molecule has 0 bridgehead atoms. The van der Waals surface area contributed by atoms with E-state index < -0.39 is 0 Å². The van der Waals surface area contributed by atoms with Crippen LogP contribution in [0.5, 0.6) is 0 Å². The lowest BCUT2D eigenvalue weighted by Gasteiger charge is -2.48. The Morgan fingerprint density at radius 1 is 1.39 bits per heavy atom. The van der Waals surface area contributed by atoms with Crippen molar-refractivity contribution in [1.82, 2.24) is 0 Å². The van der Waals surface area contributed by atoms with Crippen molar-refractivity contribution < 1.29 is 14.3 Å². The van der Waals surface area contributed by atoms with E-state index in [0.29, 0.717) is 12.3 Å². The highest BCUT2D eigenvalue weighted by molar-refractivity contribution is 5.92. The minimum atomic E-state index is -0.0565. The van der Waals surface area contributed by atoms with E-state index in [1.165, 1.54) is 0 Å². The maximum Gasteiger partial charge on any atom is 0.309 e. The summed E-state index contributed by atoms with van der Waals surface area (Å²) in [5.74, 6) is 0.765. The van der Waals surface area contributed by atoms with Gasteiger partial charge in [-0.25, -0.2) is 0 Å². The molecule has 0 unspecified atom stereocenters. The Kier molecular flexibility index (Phi) is 2.45. The van der Waals surface area contributed by atoms with E-state index in [0.717, 1.165) is 18.4 Å². The zero-order chi connectivity index (χ0) is 13.1. The van der Waals surface area contributed by atoms with Crippen molar-refractivity contribution in [2.24, 2.45) is 23.2 Å². The van der Waals surface area contributed by atoms with Gasteiger partial charge in [-0.05, 0) is 31.3 Å². The summed E-state index contributed by atoms with van der Waals surface area (Å²) < 4.78 is 5.63. The topological polar surface area (TPSA) is 43.4 Å². The number of hydrogen-bond donors (Lipinski definition) is 0. The molecule has 0 amide bonds. The minimum Gasteiger partial charge on any atom is -0.461 e. The van der Waals surface area contributed by atoms with Gasteiger partial charge in [-0.3, -0.25) is 9.59 Å². The van der Waals surface area contributed by atoms with Gasteiger partial charge >= 0.3 is 5.97 Å². The number of allylic oxidation sites excluding steroid dienone is 1. The number of esters is 1. The SMILES string of the molecule is CC1=CC(=O)C[C@]2(C)CC[C@@H]3[C@H](OC(=O)[C@H]3C)[C@@H]12. The quantitative estimate of drug-likeness (QED) is 0.619. The van der Waals surface area contributed by atoms with Crippen molar-refractivity contribution in [3.63, 3.8) is 0 Å². The summed E-state index contributed by atoms with van der Waals surface area (Å²) in [7, 11) is 0. The lowest BCUT2D eigenvalue weighted by atomic mass is 9.56. The molecule has 0 spiro atoms. The van der Waals surface area contributed by atoms with Gasteiger partial charge in [0.05, 0.1) is 5.92 Å². The summed E-state index contributed by atoms with van der Waals surface area (Å²) in [6.45, 7) is 6.17. The molecule has 0 radical (unpaired) electrons. The van der Waals surface area contributed by atoms with Crippen LogP contribution in [0.4, 0.5) is 0 Å². The predicted octanol–water partition coefficient (Wildman–Crippen LogP) is 2.50. The molecule has 1 heterocycles. The lowest BCUT2D eigenvalue weighted by Crippen LogP contribution is -2.48. The second-order valence-corrected chi connectivity index (χ2v) is 6.56. The van der Waals surface area contributed by atoms with E-state index in [1.807, 2.05) is 13.8 Å². The molecule has 3 aliphatic rings. The van der Waals surface area contributed by atoms with Crippen molar-refractivity contribution in [3.05, 3.63) is 11.6 Å². The first-order valence-corrected chi connectivity index (χ1v) is 6.84. The molecule has 0 aromatic rings. The van der Waals surface area contributed by atoms with Crippen LogP contribution in [0, 0.1) is 23.2 Å². The number of ketones is 1. The van der Waals surface area contributed by atoms with Gasteiger partial charge in [0.1, 0.15) is 6.10 Å².